The molecule has 176 valence electrons. The van der Waals surface area contributed by atoms with Gasteiger partial charge in [0.2, 0.25) is 5.91 Å². The van der Waals surface area contributed by atoms with Crippen molar-refractivity contribution in [3.63, 3.8) is 0 Å². The van der Waals surface area contributed by atoms with Crippen molar-refractivity contribution in [2.24, 2.45) is 5.92 Å². The van der Waals surface area contributed by atoms with Gasteiger partial charge in [0.15, 0.2) is 11.7 Å². The van der Waals surface area contributed by atoms with Crippen LogP contribution in [0.5, 0.6) is 0 Å². The first kappa shape index (κ1) is 24.2. The Morgan fingerprint density at radius 2 is 1.94 bits per heavy atom. The minimum absolute atomic E-state index is 0.0511. The second kappa shape index (κ2) is 10.5. The zero-order valence-electron chi connectivity index (χ0n) is 18.2. The Bertz CT molecular complexity index is 1230. The quantitative estimate of drug-likeness (QED) is 0.434. The first-order chi connectivity index (χ1) is 16.3. The molecule has 2 heterocycles. The Hall–Kier alpha value is -2.94. The predicted molar refractivity (Wildman–Crippen MR) is 133 cm³/mol. The number of hydrogen-bond acceptors (Lipinski definition) is 6. The smallest absolute Gasteiger partial charge is 0.311 e. The summed E-state index contributed by atoms with van der Waals surface area (Å²) in [6.45, 7) is 1.82. The molecule has 0 bridgehead atoms. The number of amides is 2. The van der Waals surface area contributed by atoms with Gasteiger partial charge in [-0.2, -0.15) is 0 Å². The van der Waals surface area contributed by atoms with Gasteiger partial charge in [0.05, 0.1) is 21.7 Å². The van der Waals surface area contributed by atoms with Crippen LogP contribution < -0.4 is 10.2 Å². The zero-order valence-corrected chi connectivity index (χ0v) is 20.5. The van der Waals surface area contributed by atoms with Gasteiger partial charge < -0.3 is 9.64 Å². The molecule has 1 fully saturated rings. The number of anilines is 2. The van der Waals surface area contributed by atoms with Crippen LogP contribution in [0, 0.1) is 5.92 Å². The van der Waals surface area contributed by atoms with Crippen LogP contribution in [0.2, 0.25) is 10.0 Å². The number of aryl methyl sites for hydroxylation is 1. The summed E-state index contributed by atoms with van der Waals surface area (Å²) < 4.78 is 5.16. The molecule has 1 saturated heterocycles. The molecule has 10 heteroatoms. The first-order valence-corrected chi connectivity index (χ1v) is 12.2. The van der Waals surface area contributed by atoms with Crippen molar-refractivity contribution in [3.05, 3.63) is 63.5 Å². The highest BCUT2D eigenvalue weighted by Crippen LogP contribution is 2.30. The molecular weight excluding hydrogens is 497 g/mol. The van der Waals surface area contributed by atoms with Gasteiger partial charge in [0, 0.05) is 29.6 Å². The molecule has 4 rings (SSSR count). The van der Waals surface area contributed by atoms with Crippen molar-refractivity contribution in [1.29, 1.82) is 0 Å². The lowest BCUT2D eigenvalue weighted by molar-refractivity contribution is -0.151. The molecule has 3 aromatic rings. The third-order valence-corrected chi connectivity index (χ3v) is 6.92. The van der Waals surface area contributed by atoms with Crippen LogP contribution in [0.1, 0.15) is 18.9 Å². The van der Waals surface area contributed by atoms with Gasteiger partial charge in [0.1, 0.15) is 0 Å². The topological polar surface area (TPSA) is 88.6 Å². The highest BCUT2D eigenvalue weighted by Gasteiger charge is 2.36. The Morgan fingerprint density at radius 3 is 2.65 bits per heavy atom. The van der Waals surface area contributed by atoms with E-state index in [2.05, 4.69) is 17.2 Å². The van der Waals surface area contributed by atoms with Crippen LogP contribution >= 0.6 is 34.5 Å². The average Bonchev–Trinajstić information content (AvgIpc) is 3.46. The molecule has 0 radical (unpaired) electrons. The lowest BCUT2D eigenvalue weighted by atomic mass is 10.1. The molecule has 7 nitrogen and oxygen atoms in total. The van der Waals surface area contributed by atoms with E-state index in [0.29, 0.717) is 20.9 Å². The fraction of sp³-hybridized carbons (Fsp3) is 0.250. The highest BCUT2D eigenvalue weighted by atomic mass is 35.5. The second-order valence-corrected chi connectivity index (χ2v) is 9.42. The molecule has 1 aromatic heterocycles. The van der Waals surface area contributed by atoms with Crippen LogP contribution in [0.25, 0.3) is 11.3 Å². The van der Waals surface area contributed by atoms with Crippen LogP contribution in [0.15, 0.2) is 47.8 Å². The number of nitrogens with one attached hydrogen (secondary N) is 1. The number of esters is 1. The first-order valence-electron chi connectivity index (χ1n) is 10.6. The second-order valence-electron chi connectivity index (χ2n) is 7.75. The molecule has 1 unspecified atom stereocenters. The summed E-state index contributed by atoms with van der Waals surface area (Å²) in [7, 11) is 0. The van der Waals surface area contributed by atoms with Crippen LogP contribution in [0.4, 0.5) is 10.8 Å². The molecule has 0 aliphatic carbocycles. The van der Waals surface area contributed by atoms with E-state index in [4.69, 9.17) is 27.9 Å². The Kier molecular flexibility index (Phi) is 7.50. The van der Waals surface area contributed by atoms with Gasteiger partial charge in [-0.05, 0) is 36.2 Å². The molecular formula is C24H21Cl2N3O4S. The maximum absolute atomic E-state index is 12.5. The number of halogens is 2. The lowest BCUT2D eigenvalue weighted by Crippen LogP contribution is -2.28. The number of rotatable bonds is 7. The Morgan fingerprint density at radius 1 is 1.18 bits per heavy atom. The molecule has 1 atom stereocenters. The van der Waals surface area contributed by atoms with E-state index in [1.807, 2.05) is 24.3 Å². The van der Waals surface area contributed by atoms with Gasteiger partial charge in [0.25, 0.3) is 5.91 Å². The van der Waals surface area contributed by atoms with Crippen LogP contribution in [0.3, 0.4) is 0 Å². The summed E-state index contributed by atoms with van der Waals surface area (Å²) in [6.07, 6.45) is 0.957. The summed E-state index contributed by atoms with van der Waals surface area (Å²) in [5.41, 5.74) is 3.31. The van der Waals surface area contributed by atoms with Gasteiger partial charge in [-0.3, -0.25) is 19.7 Å². The number of benzene rings is 2. The van der Waals surface area contributed by atoms with Crippen molar-refractivity contribution in [3.8, 4) is 11.3 Å². The molecule has 0 spiro atoms. The number of thiazole rings is 1. The van der Waals surface area contributed by atoms with Gasteiger partial charge in [-0.15, -0.1) is 11.3 Å². The summed E-state index contributed by atoms with van der Waals surface area (Å²) in [4.78, 5) is 43.0. The van der Waals surface area contributed by atoms with E-state index < -0.39 is 24.4 Å². The Labute approximate surface area is 210 Å². The molecule has 34 heavy (non-hydrogen) atoms. The van der Waals surface area contributed by atoms with Crippen molar-refractivity contribution < 1.29 is 19.1 Å². The summed E-state index contributed by atoms with van der Waals surface area (Å²) in [5, 5.41) is 5.60. The minimum atomic E-state index is -0.618. The number of aromatic nitrogens is 1. The molecule has 2 amide bonds. The van der Waals surface area contributed by atoms with E-state index in [-0.39, 0.29) is 18.9 Å². The van der Waals surface area contributed by atoms with Crippen LogP contribution in [-0.4, -0.2) is 35.9 Å². The summed E-state index contributed by atoms with van der Waals surface area (Å²) in [6, 6.07) is 12.8. The van der Waals surface area contributed by atoms with E-state index in [1.54, 1.807) is 28.5 Å². The van der Waals surface area contributed by atoms with E-state index >= 15 is 0 Å². The predicted octanol–water partition coefficient (Wildman–Crippen LogP) is 5.21. The fourth-order valence-corrected chi connectivity index (χ4v) is 4.59. The average molecular weight is 518 g/mol. The maximum Gasteiger partial charge on any atom is 0.311 e. The number of ether oxygens (including phenoxy) is 1. The van der Waals surface area contributed by atoms with Crippen molar-refractivity contribution in [2.75, 3.05) is 23.4 Å². The van der Waals surface area contributed by atoms with Crippen molar-refractivity contribution in [1.82, 2.24) is 4.98 Å². The van der Waals surface area contributed by atoms with Crippen molar-refractivity contribution in [2.45, 2.75) is 19.8 Å². The molecule has 1 N–H and O–H groups in total. The molecule has 2 aromatic carbocycles. The Balaban J connectivity index is 1.28. The number of carbonyl (C=O) groups excluding carboxylic acids is 3. The monoisotopic (exact) mass is 517 g/mol. The van der Waals surface area contributed by atoms with E-state index in [0.717, 1.165) is 17.7 Å². The van der Waals surface area contributed by atoms with Crippen molar-refractivity contribution >= 4 is 63.1 Å². The van der Waals surface area contributed by atoms with Gasteiger partial charge in [-0.1, -0.05) is 48.3 Å². The third kappa shape index (κ3) is 5.58. The van der Waals surface area contributed by atoms with Gasteiger partial charge >= 0.3 is 5.97 Å². The standard InChI is InChI=1S/C24H21Cl2N3O4S/c1-2-14-3-6-17(7-4-14)29-11-16(10-22(29)31)23(32)33-12-21(30)28-24-27-20(13-34-24)15-5-8-18(25)19(26)9-15/h3-9,13,16H,2,10-12H2,1H3,(H,27,28,30). The minimum Gasteiger partial charge on any atom is -0.455 e. The normalized spacial score (nSPS) is 15.4. The van der Waals surface area contributed by atoms with E-state index in [9.17, 15) is 14.4 Å². The zero-order chi connectivity index (χ0) is 24.2. The number of nitrogens with zero attached hydrogens (tertiary/aromatic N) is 2. The summed E-state index contributed by atoms with van der Waals surface area (Å²) in [5.74, 6) is -1.85. The lowest BCUT2D eigenvalue weighted by Gasteiger charge is -2.17. The third-order valence-electron chi connectivity index (χ3n) is 5.43. The fourth-order valence-electron chi connectivity index (χ4n) is 3.56. The number of hydrogen-bond donors (Lipinski definition) is 1. The van der Waals surface area contributed by atoms with Gasteiger partial charge in [-0.25, -0.2) is 4.98 Å². The molecule has 1 aliphatic heterocycles. The molecule has 1 aliphatic rings. The molecule has 0 saturated carbocycles. The number of carbonyl (C=O) groups is 3. The summed E-state index contributed by atoms with van der Waals surface area (Å²) >= 11 is 13.2. The SMILES string of the molecule is CCc1ccc(N2CC(C(=O)OCC(=O)Nc3nc(-c4ccc(Cl)c(Cl)c4)cs3)CC2=O)cc1. The maximum atomic E-state index is 12.5. The van der Waals surface area contributed by atoms with E-state index in [1.165, 1.54) is 16.9 Å². The highest BCUT2D eigenvalue weighted by molar-refractivity contribution is 7.14. The van der Waals surface area contributed by atoms with Crippen LogP contribution in [-0.2, 0) is 25.5 Å². The largest absolute Gasteiger partial charge is 0.455 e.